The lowest BCUT2D eigenvalue weighted by Gasteiger charge is -2.38. The number of benzene rings is 2. The smallest absolute Gasteiger partial charge is 0.408 e. The molecule has 0 bridgehead atoms. The van der Waals surface area contributed by atoms with E-state index in [0.29, 0.717) is 18.7 Å². The zero-order valence-electron chi connectivity index (χ0n) is 32.7. The highest BCUT2D eigenvalue weighted by atomic mass is 32.2. The van der Waals surface area contributed by atoms with Crippen LogP contribution in [0.1, 0.15) is 98.0 Å². The SMILES string of the molecule is C=C[C@]1(C)C[C@]1(NC(=O)[C@@H]1C[C@@]2(CCCC2(C)C)CN1C(=O)[C@@H](NC(=O)OC1CCCC1)C(C)C)C(=O)NS(=O)(=O)c1cccc(OCc2ccccc2)c1. The lowest BCUT2D eigenvalue weighted by molar-refractivity contribution is -0.142. The van der Waals surface area contributed by atoms with Gasteiger partial charge >= 0.3 is 6.09 Å². The maximum absolute atomic E-state index is 14.6. The molecule has 1 aliphatic heterocycles. The largest absolute Gasteiger partial charge is 0.489 e. The van der Waals surface area contributed by atoms with Crippen molar-refractivity contribution in [1.29, 1.82) is 0 Å². The van der Waals surface area contributed by atoms with Gasteiger partial charge in [0, 0.05) is 18.0 Å². The second-order valence-electron chi connectivity index (χ2n) is 17.3. The Morgan fingerprint density at radius 3 is 2.31 bits per heavy atom. The second-order valence-corrected chi connectivity index (χ2v) is 18.9. The number of alkyl carbamates (subject to hydrolysis) is 1. The van der Waals surface area contributed by atoms with Gasteiger partial charge < -0.3 is 25.0 Å². The molecule has 3 aliphatic carbocycles. The number of hydrogen-bond donors (Lipinski definition) is 3. The highest BCUT2D eigenvalue weighted by molar-refractivity contribution is 7.90. The molecular weight excluding hydrogens is 721 g/mol. The first-order valence-electron chi connectivity index (χ1n) is 19.5. The normalized spacial score (nSPS) is 27.7. The lowest BCUT2D eigenvalue weighted by Crippen LogP contribution is -2.59. The molecule has 1 spiro atoms. The van der Waals surface area contributed by atoms with E-state index in [-0.39, 0.29) is 40.8 Å². The first-order chi connectivity index (χ1) is 25.9. The first kappa shape index (κ1) is 40.3. The Morgan fingerprint density at radius 2 is 1.69 bits per heavy atom. The quantitative estimate of drug-likeness (QED) is 0.209. The number of nitrogens with zero attached hydrogens (tertiary/aromatic N) is 1. The van der Waals surface area contributed by atoms with Gasteiger partial charge in [0.2, 0.25) is 11.8 Å². The average Bonchev–Trinajstić information content (AvgIpc) is 3.56. The summed E-state index contributed by atoms with van der Waals surface area (Å²) in [6, 6.07) is 13.4. The van der Waals surface area contributed by atoms with Crippen molar-refractivity contribution in [2.45, 2.75) is 128 Å². The molecule has 13 heteroatoms. The molecule has 298 valence electrons. The summed E-state index contributed by atoms with van der Waals surface area (Å²) in [6.07, 6.45) is 7.43. The number of carbonyl (C=O) groups excluding carboxylic acids is 4. The van der Waals surface area contributed by atoms with Crippen molar-refractivity contribution in [2.75, 3.05) is 6.54 Å². The number of sulfonamides is 1. The Hall–Kier alpha value is -4.39. The number of ether oxygens (including phenoxy) is 2. The third-order valence-corrected chi connectivity index (χ3v) is 14.3. The Bertz CT molecular complexity index is 1910. The average molecular weight is 777 g/mol. The van der Waals surface area contributed by atoms with Crippen molar-refractivity contribution in [1.82, 2.24) is 20.3 Å². The van der Waals surface area contributed by atoms with Crippen LogP contribution in [0.5, 0.6) is 5.75 Å². The van der Waals surface area contributed by atoms with Gasteiger partial charge in [-0.05, 0) is 85.8 Å². The molecule has 4 fully saturated rings. The fourth-order valence-corrected chi connectivity index (χ4v) is 10.0. The summed E-state index contributed by atoms with van der Waals surface area (Å²) in [5, 5.41) is 5.74. The van der Waals surface area contributed by atoms with Crippen LogP contribution >= 0.6 is 0 Å². The number of nitrogens with one attached hydrogen (secondary N) is 3. The van der Waals surface area contributed by atoms with E-state index in [1.807, 2.05) is 44.2 Å². The highest BCUT2D eigenvalue weighted by Crippen LogP contribution is 2.60. The molecular formula is C42H56N4O8S. The number of hydrogen-bond acceptors (Lipinski definition) is 8. The molecule has 2 aromatic rings. The van der Waals surface area contributed by atoms with Crippen molar-refractivity contribution < 1.29 is 37.1 Å². The Morgan fingerprint density at radius 1 is 0.982 bits per heavy atom. The Balaban J connectivity index is 1.22. The minimum atomic E-state index is -4.40. The van der Waals surface area contributed by atoms with Gasteiger partial charge in [-0.3, -0.25) is 14.4 Å². The lowest BCUT2D eigenvalue weighted by atomic mass is 9.66. The predicted octanol–water partition coefficient (Wildman–Crippen LogP) is 6.01. The van der Waals surface area contributed by atoms with Crippen LogP contribution in [0.3, 0.4) is 0 Å². The molecule has 2 aromatic carbocycles. The fourth-order valence-electron chi connectivity index (χ4n) is 8.97. The summed E-state index contributed by atoms with van der Waals surface area (Å²) in [4.78, 5) is 57.6. The van der Waals surface area contributed by atoms with E-state index in [1.54, 1.807) is 24.0 Å². The van der Waals surface area contributed by atoms with Crippen LogP contribution in [0.4, 0.5) is 4.79 Å². The summed E-state index contributed by atoms with van der Waals surface area (Å²) in [5.74, 6) is -1.85. The minimum Gasteiger partial charge on any atom is -0.489 e. The van der Waals surface area contributed by atoms with Crippen LogP contribution in [0.2, 0.25) is 0 Å². The van der Waals surface area contributed by atoms with Crippen LogP contribution in [0, 0.1) is 22.2 Å². The number of rotatable bonds is 13. The van der Waals surface area contributed by atoms with E-state index in [9.17, 15) is 27.6 Å². The van der Waals surface area contributed by atoms with E-state index >= 15 is 0 Å². The van der Waals surface area contributed by atoms with E-state index in [4.69, 9.17) is 9.47 Å². The van der Waals surface area contributed by atoms with E-state index < -0.39 is 56.9 Å². The zero-order chi connectivity index (χ0) is 39.8. The first-order valence-corrected chi connectivity index (χ1v) is 21.0. The van der Waals surface area contributed by atoms with Crippen LogP contribution in [0.15, 0.2) is 72.1 Å². The van der Waals surface area contributed by atoms with Crippen molar-refractivity contribution in [3.8, 4) is 5.75 Å². The molecule has 3 saturated carbocycles. The molecule has 4 amide bonds. The molecule has 6 rings (SSSR count). The Kier molecular flexibility index (Phi) is 11.2. The summed E-state index contributed by atoms with van der Waals surface area (Å²) < 4.78 is 41.0. The maximum atomic E-state index is 14.6. The molecule has 4 aliphatic rings. The number of carbonyl (C=O) groups is 4. The van der Waals surface area contributed by atoms with E-state index in [2.05, 4.69) is 35.8 Å². The van der Waals surface area contributed by atoms with Gasteiger partial charge in [0.15, 0.2) is 0 Å². The highest BCUT2D eigenvalue weighted by Gasteiger charge is 2.70. The van der Waals surface area contributed by atoms with Gasteiger partial charge in [-0.2, -0.15) is 0 Å². The van der Waals surface area contributed by atoms with Gasteiger partial charge in [-0.15, -0.1) is 6.58 Å². The standard InChI is InChI=1S/C42H56N4O8S/c1-7-40(6)26-42(40,37(49)45-55(51,52)32-20-13-19-31(23-32)53-25-29-15-9-8-10-16-29)44-35(47)33-24-41(22-14-21-39(41,4)5)27-46(33)36(48)34(28(2)3)43-38(50)54-30-17-11-12-18-30/h7-10,13,15-16,19-20,23,28,30,33-34H,1,11-12,14,17-18,21-22,24-27H2,2-6H3,(H,43,50)(H,44,47)(H,45,49)/t33-,34-,40+,41-,42-/m0/s1. The Labute approximate surface area is 325 Å². The maximum Gasteiger partial charge on any atom is 0.408 e. The van der Waals surface area contributed by atoms with Crippen LogP contribution in [-0.2, 0) is 35.8 Å². The van der Waals surface area contributed by atoms with Gasteiger partial charge in [0.05, 0.1) is 4.90 Å². The van der Waals surface area contributed by atoms with Gasteiger partial charge in [0.1, 0.15) is 36.1 Å². The molecule has 0 aromatic heterocycles. The molecule has 0 unspecified atom stereocenters. The fraction of sp³-hybridized carbons (Fsp3) is 0.571. The molecule has 1 saturated heterocycles. The predicted molar refractivity (Wildman–Crippen MR) is 207 cm³/mol. The van der Waals surface area contributed by atoms with Crippen LogP contribution in [-0.4, -0.2) is 67.4 Å². The third kappa shape index (κ3) is 7.99. The molecule has 5 atom stereocenters. The number of amides is 4. The zero-order valence-corrected chi connectivity index (χ0v) is 33.5. The summed E-state index contributed by atoms with van der Waals surface area (Å²) in [5.41, 5.74) is -2.25. The van der Waals surface area contributed by atoms with Crippen molar-refractivity contribution in [3.05, 3.63) is 72.8 Å². The second kappa shape index (κ2) is 15.3. The number of likely N-dealkylation sites (tertiary alicyclic amines) is 1. The van der Waals surface area contributed by atoms with E-state index in [1.165, 1.54) is 18.2 Å². The van der Waals surface area contributed by atoms with E-state index in [0.717, 1.165) is 50.5 Å². The van der Waals surface area contributed by atoms with Gasteiger partial charge in [-0.25, -0.2) is 17.9 Å². The van der Waals surface area contributed by atoms with Crippen molar-refractivity contribution in [2.24, 2.45) is 22.2 Å². The summed E-state index contributed by atoms with van der Waals surface area (Å²) >= 11 is 0. The van der Waals surface area contributed by atoms with Crippen LogP contribution in [0.25, 0.3) is 0 Å². The molecule has 12 nitrogen and oxygen atoms in total. The molecule has 0 radical (unpaired) electrons. The minimum absolute atomic E-state index is 0.108. The van der Waals surface area contributed by atoms with Gasteiger partial charge in [-0.1, -0.05) is 83.5 Å². The van der Waals surface area contributed by atoms with Crippen LogP contribution < -0.4 is 20.1 Å². The topological polar surface area (TPSA) is 160 Å². The summed E-state index contributed by atoms with van der Waals surface area (Å²) in [7, 11) is -4.40. The van der Waals surface area contributed by atoms with Gasteiger partial charge in [0.25, 0.3) is 15.9 Å². The van der Waals surface area contributed by atoms with Crippen molar-refractivity contribution in [3.63, 3.8) is 0 Å². The third-order valence-electron chi connectivity index (χ3n) is 12.9. The monoisotopic (exact) mass is 776 g/mol. The summed E-state index contributed by atoms with van der Waals surface area (Å²) in [6.45, 7) is 14.2. The van der Waals surface area contributed by atoms with Crippen molar-refractivity contribution >= 4 is 33.8 Å². The molecule has 55 heavy (non-hydrogen) atoms. The molecule has 3 N–H and O–H groups in total. The molecule has 1 heterocycles.